The zero-order valence-corrected chi connectivity index (χ0v) is 12.2. The molecular weight excluding hydrogens is 272 g/mol. The van der Waals surface area contributed by atoms with E-state index in [4.69, 9.17) is 4.74 Å². The van der Waals surface area contributed by atoms with Crippen molar-refractivity contribution in [2.45, 2.75) is 17.9 Å². The van der Waals surface area contributed by atoms with E-state index in [1.165, 1.54) is 0 Å². The van der Waals surface area contributed by atoms with Crippen molar-refractivity contribution in [3.63, 3.8) is 0 Å². The highest BCUT2D eigenvalue weighted by Gasteiger charge is 2.22. The predicted octanol–water partition coefficient (Wildman–Crippen LogP) is 3.24. The van der Waals surface area contributed by atoms with E-state index in [1.54, 1.807) is 30.3 Å². The maximum atomic E-state index is 12.4. The van der Waals surface area contributed by atoms with Crippen molar-refractivity contribution in [3.05, 3.63) is 66.2 Å². The summed E-state index contributed by atoms with van der Waals surface area (Å²) in [5.41, 5.74) is 0.883. The van der Waals surface area contributed by atoms with Crippen LogP contribution in [0.5, 0.6) is 0 Å². The summed E-state index contributed by atoms with van der Waals surface area (Å²) in [6.07, 6.45) is -0.439. The van der Waals surface area contributed by atoms with Crippen molar-refractivity contribution in [1.29, 1.82) is 0 Å². The van der Waals surface area contributed by atoms with Gasteiger partial charge in [0.05, 0.1) is 16.8 Å². The summed E-state index contributed by atoms with van der Waals surface area (Å²) >= 11 is 0. The van der Waals surface area contributed by atoms with E-state index in [1.807, 2.05) is 37.3 Å². The Morgan fingerprint density at radius 3 is 2.05 bits per heavy atom. The molecule has 0 heterocycles. The third-order valence-electron chi connectivity index (χ3n) is 3.01. The third-order valence-corrected chi connectivity index (χ3v) is 4.74. The normalized spacial score (nSPS) is 13.1. The van der Waals surface area contributed by atoms with Gasteiger partial charge in [-0.15, -0.1) is 0 Å². The molecule has 2 aromatic rings. The van der Waals surface area contributed by atoms with E-state index in [2.05, 4.69) is 0 Å². The second-order valence-corrected chi connectivity index (χ2v) is 6.48. The molecule has 0 aliphatic carbocycles. The van der Waals surface area contributed by atoms with Crippen molar-refractivity contribution in [3.8, 4) is 0 Å². The largest absolute Gasteiger partial charge is 0.373 e. The number of sulfone groups is 1. The molecule has 0 N–H and O–H groups in total. The van der Waals surface area contributed by atoms with Crippen molar-refractivity contribution < 1.29 is 13.2 Å². The number of hydrogen-bond acceptors (Lipinski definition) is 3. The van der Waals surface area contributed by atoms with Crippen molar-refractivity contribution in [2.75, 3.05) is 12.4 Å². The van der Waals surface area contributed by atoms with Gasteiger partial charge >= 0.3 is 0 Å². The molecule has 2 aromatic carbocycles. The Balaban J connectivity index is 2.25. The zero-order valence-electron chi connectivity index (χ0n) is 11.4. The molecule has 0 aliphatic rings. The minimum absolute atomic E-state index is 0.0468. The van der Waals surface area contributed by atoms with E-state index in [-0.39, 0.29) is 5.75 Å². The monoisotopic (exact) mass is 290 g/mol. The summed E-state index contributed by atoms with van der Waals surface area (Å²) in [4.78, 5) is 0.334. The quantitative estimate of drug-likeness (QED) is 0.820. The van der Waals surface area contributed by atoms with Crippen molar-refractivity contribution in [1.82, 2.24) is 0 Å². The van der Waals surface area contributed by atoms with Gasteiger partial charge in [0, 0.05) is 6.61 Å². The first-order valence-electron chi connectivity index (χ1n) is 6.58. The molecular formula is C16H18O3S. The van der Waals surface area contributed by atoms with Gasteiger partial charge in [-0.3, -0.25) is 0 Å². The Kier molecular flexibility index (Phi) is 4.93. The van der Waals surface area contributed by atoms with Crippen LogP contribution >= 0.6 is 0 Å². The molecule has 2 rings (SSSR count). The first-order chi connectivity index (χ1) is 9.63. The molecule has 4 heteroatoms. The van der Waals surface area contributed by atoms with Crippen LogP contribution in [0.3, 0.4) is 0 Å². The Hall–Kier alpha value is -1.65. The number of rotatable bonds is 6. The van der Waals surface area contributed by atoms with Gasteiger partial charge < -0.3 is 4.74 Å². The summed E-state index contributed by atoms with van der Waals surface area (Å²) in [6, 6.07) is 17.9. The average Bonchev–Trinajstić information content (AvgIpc) is 2.48. The van der Waals surface area contributed by atoms with Crippen LogP contribution in [0.25, 0.3) is 0 Å². The molecule has 106 valence electrons. The van der Waals surface area contributed by atoms with Gasteiger partial charge in [-0.2, -0.15) is 0 Å². The Bertz CT molecular complexity index is 621. The van der Waals surface area contributed by atoms with Crippen molar-refractivity contribution >= 4 is 9.84 Å². The highest BCUT2D eigenvalue weighted by atomic mass is 32.2. The van der Waals surface area contributed by atoms with Gasteiger partial charge in [-0.25, -0.2) is 8.42 Å². The van der Waals surface area contributed by atoms with Crippen LogP contribution in [0, 0.1) is 0 Å². The minimum Gasteiger partial charge on any atom is -0.373 e. The molecule has 0 aromatic heterocycles. The first kappa shape index (κ1) is 14.8. The number of benzene rings is 2. The van der Waals surface area contributed by atoms with Crippen LogP contribution in [-0.2, 0) is 14.6 Å². The zero-order chi connectivity index (χ0) is 14.4. The lowest BCUT2D eigenvalue weighted by molar-refractivity contribution is 0.0785. The van der Waals surface area contributed by atoms with Gasteiger partial charge in [-0.05, 0) is 24.6 Å². The Labute approximate surface area is 120 Å². The fourth-order valence-corrected chi connectivity index (χ4v) is 3.48. The van der Waals surface area contributed by atoms with Crippen LogP contribution in [0.4, 0.5) is 0 Å². The molecule has 3 nitrogen and oxygen atoms in total. The predicted molar refractivity (Wildman–Crippen MR) is 79.3 cm³/mol. The standard InChI is InChI=1S/C16H18O3S/c1-2-19-16(14-9-5-3-6-10-14)13-20(17,18)15-11-7-4-8-12-15/h3-12,16H,2,13H2,1H3. The molecule has 0 fully saturated rings. The van der Waals surface area contributed by atoms with Crippen LogP contribution in [0.1, 0.15) is 18.6 Å². The van der Waals surface area contributed by atoms with E-state index in [0.29, 0.717) is 11.5 Å². The molecule has 0 bridgehead atoms. The fourth-order valence-electron chi connectivity index (χ4n) is 2.03. The smallest absolute Gasteiger partial charge is 0.181 e. The molecule has 0 radical (unpaired) electrons. The molecule has 0 saturated carbocycles. The van der Waals surface area contributed by atoms with E-state index >= 15 is 0 Å². The SMILES string of the molecule is CCOC(CS(=O)(=O)c1ccccc1)c1ccccc1. The Morgan fingerprint density at radius 1 is 0.950 bits per heavy atom. The maximum Gasteiger partial charge on any atom is 0.181 e. The Morgan fingerprint density at radius 2 is 1.50 bits per heavy atom. The molecule has 1 atom stereocenters. The van der Waals surface area contributed by atoms with Crippen LogP contribution in [0.2, 0.25) is 0 Å². The first-order valence-corrected chi connectivity index (χ1v) is 8.23. The lowest BCUT2D eigenvalue weighted by atomic mass is 10.1. The summed E-state index contributed by atoms with van der Waals surface area (Å²) in [5, 5.41) is 0. The van der Waals surface area contributed by atoms with Crippen LogP contribution < -0.4 is 0 Å². The second kappa shape index (κ2) is 6.68. The highest BCUT2D eigenvalue weighted by molar-refractivity contribution is 7.91. The van der Waals surface area contributed by atoms with Gasteiger partial charge in [0.1, 0.15) is 0 Å². The lowest BCUT2D eigenvalue weighted by Crippen LogP contribution is -2.17. The van der Waals surface area contributed by atoms with Gasteiger partial charge in [0.2, 0.25) is 0 Å². The topological polar surface area (TPSA) is 43.4 Å². The molecule has 0 spiro atoms. The fraction of sp³-hybridized carbons (Fsp3) is 0.250. The van der Waals surface area contributed by atoms with E-state index < -0.39 is 15.9 Å². The summed E-state index contributed by atoms with van der Waals surface area (Å²) in [7, 11) is -3.35. The highest BCUT2D eigenvalue weighted by Crippen LogP contribution is 2.22. The lowest BCUT2D eigenvalue weighted by Gasteiger charge is -2.17. The van der Waals surface area contributed by atoms with Crippen molar-refractivity contribution in [2.24, 2.45) is 0 Å². The molecule has 1 unspecified atom stereocenters. The summed E-state index contributed by atoms with van der Waals surface area (Å²) < 4.78 is 30.4. The molecule has 20 heavy (non-hydrogen) atoms. The second-order valence-electron chi connectivity index (χ2n) is 4.45. The van der Waals surface area contributed by atoms with Crippen LogP contribution in [0.15, 0.2) is 65.6 Å². The molecule has 0 amide bonds. The summed E-state index contributed by atoms with van der Waals surface area (Å²) in [5.74, 6) is -0.0468. The number of ether oxygens (including phenoxy) is 1. The molecule has 0 saturated heterocycles. The van der Waals surface area contributed by atoms with Gasteiger partial charge in [0.15, 0.2) is 9.84 Å². The third kappa shape index (κ3) is 3.68. The van der Waals surface area contributed by atoms with Crippen LogP contribution in [-0.4, -0.2) is 20.8 Å². The van der Waals surface area contributed by atoms with Gasteiger partial charge in [0.25, 0.3) is 0 Å². The molecule has 0 aliphatic heterocycles. The average molecular weight is 290 g/mol. The summed E-state index contributed by atoms with van der Waals surface area (Å²) in [6.45, 7) is 2.34. The maximum absolute atomic E-state index is 12.4. The van der Waals surface area contributed by atoms with E-state index in [0.717, 1.165) is 5.56 Å². The van der Waals surface area contributed by atoms with E-state index in [9.17, 15) is 8.42 Å². The minimum atomic E-state index is -3.35. The number of hydrogen-bond donors (Lipinski definition) is 0. The van der Waals surface area contributed by atoms with Gasteiger partial charge in [-0.1, -0.05) is 48.5 Å².